The Morgan fingerprint density at radius 1 is 1.53 bits per heavy atom. The van der Waals surface area contributed by atoms with Crippen molar-refractivity contribution in [2.75, 3.05) is 19.0 Å². The van der Waals surface area contributed by atoms with E-state index in [2.05, 4.69) is 15.3 Å². The number of carbonyl (C=O) groups excluding carboxylic acids is 1. The molecule has 0 unspecified atom stereocenters. The molecule has 0 aliphatic carbocycles. The molecule has 1 aromatic carbocycles. The van der Waals surface area contributed by atoms with Crippen molar-refractivity contribution in [1.82, 2.24) is 9.97 Å². The van der Waals surface area contributed by atoms with E-state index in [1.54, 1.807) is 0 Å². The zero-order valence-corrected chi connectivity index (χ0v) is 8.28. The second-order valence-corrected chi connectivity index (χ2v) is 3.08. The van der Waals surface area contributed by atoms with Gasteiger partial charge in [0, 0.05) is 7.11 Å². The third-order valence-corrected chi connectivity index (χ3v) is 1.92. The lowest BCUT2D eigenvalue weighted by Crippen LogP contribution is -2.17. The maximum atomic E-state index is 11.2. The monoisotopic (exact) mass is 205 g/mol. The molecule has 15 heavy (non-hydrogen) atoms. The zero-order valence-electron chi connectivity index (χ0n) is 8.28. The van der Waals surface area contributed by atoms with Crippen LogP contribution in [-0.2, 0) is 9.53 Å². The van der Waals surface area contributed by atoms with Gasteiger partial charge in [0.15, 0.2) is 0 Å². The number of ether oxygens (including phenoxy) is 1. The minimum atomic E-state index is -0.225. The number of nitrogens with zero attached hydrogens (tertiary/aromatic N) is 1. The van der Waals surface area contributed by atoms with E-state index in [9.17, 15) is 4.79 Å². The number of imidazole rings is 1. The molecule has 1 amide bonds. The van der Waals surface area contributed by atoms with Crippen LogP contribution in [0.3, 0.4) is 0 Å². The molecule has 0 saturated heterocycles. The molecular weight excluding hydrogens is 194 g/mol. The predicted molar refractivity (Wildman–Crippen MR) is 56.6 cm³/mol. The van der Waals surface area contributed by atoms with Crippen molar-refractivity contribution in [2.45, 2.75) is 0 Å². The molecule has 0 spiro atoms. The van der Waals surface area contributed by atoms with E-state index in [4.69, 9.17) is 4.74 Å². The number of hydrogen-bond acceptors (Lipinski definition) is 3. The molecule has 0 atom stereocenters. The van der Waals surface area contributed by atoms with Crippen LogP contribution in [0, 0.1) is 0 Å². The maximum Gasteiger partial charge on any atom is 0.252 e. The Labute approximate surface area is 86.5 Å². The molecule has 0 bridgehead atoms. The molecule has 2 N–H and O–H groups in total. The van der Waals surface area contributed by atoms with Crippen molar-refractivity contribution in [3.8, 4) is 0 Å². The summed E-state index contributed by atoms with van der Waals surface area (Å²) in [5.74, 6) is 0.217. The largest absolute Gasteiger partial charge is 0.375 e. The summed E-state index contributed by atoms with van der Waals surface area (Å²) in [6.45, 7) is 0.0248. The van der Waals surface area contributed by atoms with Crippen LogP contribution in [-0.4, -0.2) is 29.6 Å². The molecule has 1 aromatic heterocycles. The number of aromatic amines is 1. The van der Waals surface area contributed by atoms with E-state index in [0.29, 0.717) is 5.95 Å². The smallest absolute Gasteiger partial charge is 0.252 e. The highest BCUT2D eigenvalue weighted by molar-refractivity contribution is 5.91. The number of nitrogens with one attached hydrogen (secondary N) is 2. The average molecular weight is 205 g/mol. The Kier molecular flexibility index (Phi) is 2.64. The van der Waals surface area contributed by atoms with Crippen molar-refractivity contribution in [3.63, 3.8) is 0 Å². The van der Waals surface area contributed by atoms with Crippen molar-refractivity contribution >= 4 is 22.9 Å². The van der Waals surface area contributed by atoms with Crippen molar-refractivity contribution < 1.29 is 9.53 Å². The first-order valence-corrected chi connectivity index (χ1v) is 4.53. The summed E-state index contributed by atoms with van der Waals surface area (Å²) in [7, 11) is 1.47. The minimum absolute atomic E-state index is 0.0248. The first-order chi connectivity index (χ1) is 7.29. The van der Waals surface area contributed by atoms with E-state index >= 15 is 0 Å². The van der Waals surface area contributed by atoms with E-state index in [1.165, 1.54) is 7.11 Å². The van der Waals surface area contributed by atoms with Gasteiger partial charge in [-0.2, -0.15) is 0 Å². The number of amides is 1. The van der Waals surface area contributed by atoms with Gasteiger partial charge in [-0.1, -0.05) is 12.1 Å². The number of benzene rings is 1. The summed E-state index contributed by atoms with van der Waals surface area (Å²) in [6, 6.07) is 7.57. The Balaban J connectivity index is 2.18. The first-order valence-electron chi connectivity index (χ1n) is 4.53. The van der Waals surface area contributed by atoms with E-state index in [-0.39, 0.29) is 12.5 Å². The minimum Gasteiger partial charge on any atom is -0.375 e. The molecular formula is C10H11N3O2. The van der Waals surface area contributed by atoms with Crippen LogP contribution >= 0.6 is 0 Å². The number of methoxy groups -OCH3 is 1. The normalized spacial score (nSPS) is 10.5. The van der Waals surface area contributed by atoms with Crippen LogP contribution in [0.25, 0.3) is 11.0 Å². The standard InChI is InChI=1S/C10H11N3O2/c1-15-6-9(14)13-10-11-7-4-2-3-5-8(7)12-10/h2-5H,6H2,1H3,(H2,11,12,13,14). The Hall–Kier alpha value is -1.88. The average Bonchev–Trinajstić information content (AvgIpc) is 2.59. The Bertz CT molecular complexity index is 445. The van der Waals surface area contributed by atoms with Crippen LogP contribution < -0.4 is 5.32 Å². The van der Waals surface area contributed by atoms with Crippen molar-refractivity contribution in [3.05, 3.63) is 24.3 Å². The van der Waals surface area contributed by atoms with Gasteiger partial charge < -0.3 is 9.72 Å². The summed E-state index contributed by atoms with van der Waals surface area (Å²) in [4.78, 5) is 18.4. The van der Waals surface area contributed by atoms with Crippen molar-refractivity contribution in [2.24, 2.45) is 0 Å². The summed E-state index contributed by atoms with van der Waals surface area (Å²) in [5.41, 5.74) is 1.72. The lowest BCUT2D eigenvalue weighted by atomic mass is 10.3. The predicted octanol–water partition coefficient (Wildman–Crippen LogP) is 1.15. The fourth-order valence-electron chi connectivity index (χ4n) is 1.31. The molecule has 0 fully saturated rings. The number of para-hydroxylation sites is 2. The number of rotatable bonds is 3. The number of hydrogen-bond donors (Lipinski definition) is 2. The van der Waals surface area contributed by atoms with Gasteiger partial charge in [-0.3, -0.25) is 10.1 Å². The van der Waals surface area contributed by atoms with Crippen LogP contribution in [0.2, 0.25) is 0 Å². The molecule has 0 aliphatic rings. The summed E-state index contributed by atoms with van der Waals surface area (Å²) in [5, 5.41) is 2.60. The van der Waals surface area contributed by atoms with Gasteiger partial charge in [-0.15, -0.1) is 0 Å². The topological polar surface area (TPSA) is 67.0 Å². The summed E-state index contributed by atoms with van der Waals surface area (Å²) < 4.78 is 4.70. The molecule has 5 nitrogen and oxygen atoms in total. The van der Waals surface area contributed by atoms with Crippen LogP contribution in [0.1, 0.15) is 0 Å². The molecule has 0 saturated carbocycles. The van der Waals surface area contributed by atoms with Gasteiger partial charge in [0.2, 0.25) is 5.95 Å². The fraction of sp³-hybridized carbons (Fsp3) is 0.200. The van der Waals surface area contributed by atoms with Gasteiger partial charge in [0.1, 0.15) is 6.61 Å². The highest BCUT2D eigenvalue weighted by Gasteiger charge is 2.05. The second kappa shape index (κ2) is 4.10. The van der Waals surface area contributed by atoms with Crippen LogP contribution in [0.5, 0.6) is 0 Å². The SMILES string of the molecule is COCC(=O)Nc1nc2ccccc2[nH]1. The molecule has 2 rings (SSSR count). The van der Waals surface area contributed by atoms with Crippen molar-refractivity contribution in [1.29, 1.82) is 0 Å². The molecule has 1 heterocycles. The second-order valence-electron chi connectivity index (χ2n) is 3.08. The zero-order chi connectivity index (χ0) is 10.7. The number of fused-ring (bicyclic) bond motifs is 1. The van der Waals surface area contributed by atoms with Gasteiger partial charge in [-0.05, 0) is 12.1 Å². The van der Waals surface area contributed by atoms with Gasteiger partial charge in [-0.25, -0.2) is 4.98 Å². The van der Waals surface area contributed by atoms with E-state index in [0.717, 1.165) is 11.0 Å². The number of H-pyrrole nitrogens is 1. The van der Waals surface area contributed by atoms with Gasteiger partial charge >= 0.3 is 0 Å². The lowest BCUT2D eigenvalue weighted by Gasteiger charge is -1.98. The third-order valence-electron chi connectivity index (χ3n) is 1.92. The Morgan fingerprint density at radius 3 is 3.07 bits per heavy atom. The third kappa shape index (κ3) is 2.13. The van der Waals surface area contributed by atoms with E-state index < -0.39 is 0 Å². The molecule has 78 valence electrons. The fourth-order valence-corrected chi connectivity index (χ4v) is 1.31. The Morgan fingerprint density at radius 2 is 2.33 bits per heavy atom. The van der Waals surface area contributed by atoms with E-state index in [1.807, 2.05) is 24.3 Å². The molecule has 0 radical (unpaired) electrons. The summed E-state index contributed by atoms with van der Waals surface area (Å²) >= 11 is 0. The quantitative estimate of drug-likeness (QED) is 0.789. The number of aromatic nitrogens is 2. The summed E-state index contributed by atoms with van der Waals surface area (Å²) in [6.07, 6.45) is 0. The first kappa shape index (κ1) is 9.67. The maximum absolute atomic E-state index is 11.2. The van der Waals surface area contributed by atoms with Gasteiger partial charge in [0.05, 0.1) is 11.0 Å². The number of carbonyl (C=O) groups is 1. The molecule has 0 aliphatic heterocycles. The van der Waals surface area contributed by atoms with Gasteiger partial charge in [0.25, 0.3) is 5.91 Å². The lowest BCUT2D eigenvalue weighted by molar-refractivity contribution is -0.119. The van der Waals surface area contributed by atoms with Crippen LogP contribution in [0.4, 0.5) is 5.95 Å². The highest BCUT2D eigenvalue weighted by atomic mass is 16.5. The molecule has 5 heteroatoms. The van der Waals surface area contributed by atoms with Crippen LogP contribution in [0.15, 0.2) is 24.3 Å². The molecule has 2 aromatic rings. The highest BCUT2D eigenvalue weighted by Crippen LogP contribution is 2.12. The number of anilines is 1.